The summed E-state index contributed by atoms with van der Waals surface area (Å²) >= 11 is 0. The van der Waals surface area contributed by atoms with E-state index < -0.39 is 241 Å². The fourth-order valence-corrected chi connectivity index (χ4v) is 9.62. The van der Waals surface area contributed by atoms with Gasteiger partial charge in [0, 0.05) is 20.8 Å². The van der Waals surface area contributed by atoms with Gasteiger partial charge in [-0.05, 0) is 0 Å². The van der Waals surface area contributed by atoms with E-state index in [0.29, 0.717) is 0 Å². The Labute approximate surface area is 431 Å². The van der Waals surface area contributed by atoms with Crippen molar-refractivity contribution >= 4 is 17.7 Å². The lowest BCUT2D eigenvalue weighted by molar-refractivity contribution is -0.380. The molecule has 0 saturated carbocycles. The van der Waals surface area contributed by atoms with Crippen LogP contribution in [0.1, 0.15) is 20.8 Å². The molecule has 0 aliphatic carbocycles. The third-order valence-corrected chi connectivity index (χ3v) is 13.6. The first kappa shape index (κ1) is 62.5. The summed E-state index contributed by atoms with van der Waals surface area (Å²) in [7, 11) is 0. The van der Waals surface area contributed by atoms with E-state index in [1.54, 1.807) is 0 Å². The molecule has 0 bridgehead atoms. The number of ether oxygens (including phenoxy) is 11. The summed E-state index contributed by atoms with van der Waals surface area (Å²) in [6.45, 7) is -2.58. The molecule has 34 heteroatoms. The maximum atomic E-state index is 12.6. The Hall–Kier alpha value is -2.71. The first-order chi connectivity index (χ1) is 35.9. The minimum absolute atomic E-state index is 0.747. The van der Waals surface area contributed by atoms with Gasteiger partial charge in [0.25, 0.3) is 0 Å². The van der Waals surface area contributed by atoms with Crippen LogP contribution in [-0.4, -0.2) is 328 Å². The second-order valence-electron chi connectivity index (χ2n) is 19.0. The van der Waals surface area contributed by atoms with Crippen molar-refractivity contribution in [1.29, 1.82) is 0 Å². The van der Waals surface area contributed by atoms with Gasteiger partial charge in [0.15, 0.2) is 37.7 Å². The van der Waals surface area contributed by atoms with Crippen molar-refractivity contribution in [3.05, 3.63) is 0 Å². The van der Waals surface area contributed by atoms with Gasteiger partial charge in [-0.25, -0.2) is 0 Å². The van der Waals surface area contributed by atoms with Crippen LogP contribution in [0.3, 0.4) is 0 Å². The Bertz CT molecular complexity index is 1870. The predicted molar refractivity (Wildman–Crippen MR) is 234 cm³/mol. The van der Waals surface area contributed by atoms with Gasteiger partial charge in [-0.15, -0.1) is 0 Å². The van der Waals surface area contributed by atoms with Gasteiger partial charge in [-0.1, -0.05) is 0 Å². The van der Waals surface area contributed by atoms with Gasteiger partial charge >= 0.3 is 0 Å². The SMILES string of the molecule is CC(=O)N[C@H]1[C@H](OC[C@H]2O[C@@H](O[C@H]3[C@H](O)[C@@H](NC(C)=O)C(O)O[C@@H]3CO)[C@H](O)[C@@H](O[C@@H]3O[C@H](CO)[C@@H](O)[C@H](O)[C@H]3NC(C)=O)[C@H]2O)O[C@H](CO)[C@@H](O[C@@H]2O[C@H](CO)[C@H](O)[C@H](O[C@H]3O[C@H](CO)[C@H](O)[C@H](O)[C@H]3O)[C@H]2O)[C@@H]1O. The molecule has 0 spiro atoms. The zero-order chi connectivity index (χ0) is 56.2. The molecule has 6 heterocycles. The minimum Gasteiger partial charge on any atom is -0.394 e. The zero-order valence-electron chi connectivity index (χ0n) is 40.9. The van der Waals surface area contributed by atoms with Crippen molar-refractivity contribution < 1.29 is 153 Å². The maximum Gasteiger partial charge on any atom is 0.217 e. The van der Waals surface area contributed by atoms with Gasteiger partial charge in [0.05, 0.1) is 39.6 Å². The van der Waals surface area contributed by atoms with Crippen LogP contribution < -0.4 is 16.0 Å². The van der Waals surface area contributed by atoms with Gasteiger partial charge < -0.3 is 155 Å². The predicted octanol–water partition coefficient (Wildman–Crippen LogP) is -13.7. The number of aliphatic hydroxyl groups excluding tert-OH is 17. The molecule has 34 nitrogen and oxygen atoms in total. The second-order valence-corrected chi connectivity index (χ2v) is 19.0. The average Bonchev–Trinajstić information content (AvgIpc) is 3.37. The van der Waals surface area contributed by atoms with Crippen molar-refractivity contribution in [2.75, 3.05) is 39.6 Å². The zero-order valence-corrected chi connectivity index (χ0v) is 40.9. The summed E-state index contributed by atoms with van der Waals surface area (Å²) in [6, 6.07) is -4.98. The van der Waals surface area contributed by atoms with Gasteiger partial charge in [0.1, 0.15) is 146 Å². The lowest BCUT2D eigenvalue weighted by atomic mass is 9.94. The number of aliphatic hydroxyl groups is 17. The van der Waals surface area contributed by atoms with Crippen LogP contribution >= 0.6 is 0 Å². The third kappa shape index (κ3) is 13.7. The number of carbonyl (C=O) groups excluding carboxylic acids is 3. The van der Waals surface area contributed by atoms with E-state index in [9.17, 15) is 101 Å². The Morgan fingerprint density at radius 2 is 0.684 bits per heavy atom. The molecule has 6 fully saturated rings. The molecular formula is C42H71N3O31. The number of rotatable bonds is 19. The standard InChI is InChI=1S/C42H71N3O31/c1-10(51)43-19-27(59)33(16(7-49)67-37(19)65)73-42-32(64)36(75-39-20(44-11(2)52)26(58)22(54)13(4-46)68-39)25(57)18(72-42)9-66-38-21(45-12(3)53)28(60)34(17(8-50)71-38)74-41-31(63)35(24(56)15(6-48)70-41)76-40-30(62)29(61)23(55)14(5-47)69-40/h13-42,46-50,54-65H,4-9H2,1-3H3,(H,43,51)(H,44,52)(H,45,53)/t13-,14-,15-,16-,17-,18-,19-,20-,21-,22-,23+,24+,25+,26-,27-,28-,29+,30-,31-,32-,33-,34-,35+,36+,37?,38-,39+,40-,41+,42+/m1/s1. The largest absolute Gasteiger partial charge is 0.394 e. The van der Waals surface area contributed by atoms with Crippen molar-refractivity contribution in [3.63, 3.8) is 0 Å². The molecule has 6 rings (SSSR count). The van der Waals surface area contributed by atoms with Crippen LogP contribution in [0.2, 0.25) is 0 Å². The average molecular weight is 1110 g/mol. The highest BCUT2D eigenvalue weighted by Crippen LogP contribution is 2.36. The first-order valence-electron chi connectivity index (χ1n) is 24.1. The highest BCUT2D eigenvalue weighted by molar-refractivity contribution is 5.74. The van der Waals surface area contributed by atoms with E-state index in [2.05, 4.69) is 16.0 Å². The van der Waals surface area contributed by atoms with Crippen molar-refractivity contribution in [3.8, 4) is 0 Å². The van der Waals surface area contributed by atoms with Gasteiger partial charge in [0.2, 0.25) is 17.7 Å². The van der Waals surface area contributed by atoms with Crippen LogP contribution in [0.5, 0.6) is 0 Å². The summed E-state index contributed by atoms with van der Waals surface area (Å²) < 4.78 is 63.2. The molecule has 0 aromatic carbocycles. The normalized spacial score (nSPS) is 48.2. The van der Waals surface area contributed by atoms with Crippen molar-refractivity contribution in [2.45, 2.75) is 205 Å². The molecule has 3 amide bonds. The number of amides is 3. The van der Waals surface area contributed by atoms with Crippen molar-refractivity contribution in [2.24, 2.45) is 0 Å². The number of carbonyl (C=O) groups is 3. The maximum absolute atomic E-state index is 12.6. The van der Waals surface area contributed by atoms with Crippen LogP contribution in [0.15, 0.2) is 0 Å². The van der Waals surface area contributed by atoms with Gasteiger partial charge in [-0.2, -0.15) is 0 Å². The summed E-state index contributed by atoms with van der Waals surface area (Å²) in [5.41, 5.74) is 0. The van der Waals surface area contributed by atoms with E-state index in [0.717, 1.165) is 20.8 Å². The molecule has 76 heavy (non-hydrogen) atoms. The molecular weight excluding hydrogens is 1040 g/mol. The lowest BCUT2D eigenvalue weighted by Crippen LogP contribution is -2.70. The molecule has 30 atom stereocenters. The molecule has 1 unspecified atom stereocenters. The summed E-state index contributed by atoms with van der Waals surface area (Å²) in [5, 5.41) is 190. The van der Waals surface area contributed by atoms with E-state index in [1.165, 1.54) is 0 Å². The highest BCUT2D eigenvalue weighted by Gasteiger charge is 2.57. The molecule has 6 saturated heterocycles. The molecule has 440 valence electrons. The third-order valence-electron chi connectivity index (χ3n) is 13.6. The summed E-state index contributed by atoms with van der Waals surface area (Å²) in [5.74, 6) is -2.37. The monoisotopic (exact) mass is 1110 g/mol. The van der Waals surface area contributed by atoms with Crippen molar-refractivity contribution in [1.82, 2.24) is 16.0 Å². The highest BCUT2D eigenvalue weighted by atomic mass is 16.8. The molecule has 6 aliphatic rings. The Morgan fingerprint density at radius 3 is 1.17 bits per heavy atom. The topological polar surface area (TPSA) is 533 Å². The molecule has 20 N–H and O–H groups in total. The minimum atomic E-state index is -2.20. The first-order valence-corrected chi connectivity index (χ1v) is 24.1. The van der Waals surface area contributed by atoms with Crippen LogP contribution in [0.4, 0.5) is 0 Å². The van der Waals surface area contributed by atoms with E-state index in [-0.39, 0.29) is 0 Å². The Kier molecular flexibility index (Phi) is 22.3. The molecule has 0 aromatic rings. The van der Waals surface area contributed by atoms with Gasteiger partial charge in [-0.3, -0.25) is 14.4 Å². The molecule has 6 aliphatic heterocycles. The van der Waals surface area contributed by atoms with Crippen LogP contribution in [0, 0.1) is 0 Å². The number of nitrogens with one attached hydrogen (secondary N) is 3. The quantitative estimate of drug-likeness (QED) is 0.0571. The fraction of sp³-hybridized carbons (Fsp3) is 0.929. The van der Waals surface area contributed by atoms with Crippen LogP contribution in [0.25, 0.3) is 0 Å². The fourth-order valence-electron chi connectivity index (χ4n) is 9.62. The summed E-state index contributed by atoms with van der Waals surface area (Å²) in [6.07, 6.45) is -51.0. The van der Waals surface area contributed by atoms with E-state index in [1.807, 2.05) is 0 Å². The second kappa shape index (κ2) is 27.2. The lowest BCUT2D eigenvalue weighted by Gasteiger charge is -2.50. The van der Waals surface area contributed by atoms with Crippen LogP contribution in [-0.2, 0) is 66.5 Å². The van der Waals surface area contributed by atoms with E-state index >= 15 is 0 Å². The number of hydrogen-bond acceptors (Lipinski definition) is 31. The van der Waals surface area contributed by atoms with E-state index in [4.69, 9.17) is 52.1 Å². The number of hydrogen-bond donors (Lipinski definition) is 20. The summed E-state index contributed by atoms with van der Waals surface area (Å²) in [4.78, 5) is 36.9. The molecule has 0 radical (unpaired) electrons. The molecule has 0 aromatic heterocycles. The smallest absolute Gasteiger partial charge is 0.217 e. The Balaban J connectivity index is 1.26. The Morgan fingerprint density at radius 1 is 0.342 bits per heavy atom.